The first-order chi connectivity index (χ1) is 11.0. The molecule has 23 heavy (non-hydrogen) atoms. The van der Waals surface area contributed by atoms with Gasteiger partial charge < -0.3 is 9.30 Å². The molecule has 1 aromatic heterocycles. The van der Waals surface area contributed by atoms with E-state index in [4.69, 9.17) is 4.74 Å². The van der Waals surface area contributed by atoms with Gasteiger partial charge in [-0.1, -0.05) is 12.1 Å². The summed E-state index contributed by atoms with van der Waals surface area (Å²) in [5.74, 6) is 0.184. The molecule has 1 heterocycles. The zero-order valence-corrected chi connectivity index (χ0v) is 13.3. The number of hydrazone groups is 1. The molecule has 120 valence electrons. The van der Waals surface area contributed by atoms with E-state index in [9.17, 15) is 9.59 Å². The number of rotatable bonds is 5. The third kappa shape index (κ3) is 4.54. The molecule has 1 N–H and O–H groups in total. The van der Waals surface area contributed by atoms with Crippen LogP contribution in [0, 0.1) is 0 Å². The summed E-state index contributed by atoms with van der Waals surface area (Å²) in [6.07, 6.45) is 3.16. The number of ether oxygens (including phenoxy) is 1. The van der Waals surface area contributed by atoms with E-state index in [0.717, 1.165) is 11.3 Å². The average molecular weight is 313 g/mol. The van der Waals surface area contributed by atoms with Crippen LogP contribution in [-0.4, -0.2) is 22.8 Å². The molecule has 0 radical (unpaired) electrons. The van der Waals surface area contributed by atoms with Gasteiger partial charge in [-0.15, -0.1) is 0 Å². The highest BCUT2D eigenvalue weighted by Crippen LogP contribution is 2.13. The summed E-state index contributed by atoms with van der Waals surface area (Å²) >= 11 is 0. The highest BCUT2D eigenvalue weighted by Gasteiger charge is 2.09. The van der Waals surface area contributed by atoms with Crippen molar-refractivity contribution in [3.05, 3.63) is 64.1 Å². The number of carbonyl (C=O) groups is 1. The van der Waals surface area contributed by atoms with Crippen molar-refractivity contribution in [1.29, 1.82) is 0 Å². The van der Waals surface area contributed by atoms with Gasteiger partial charge >= 0.3 is 0 Å². The predicted molar refractivity (Wildman–Crippen MR) is 88.9 cm³/mol. The third-order valence-electron chi connectivity index (χ3n) is 2.98. The van der Waals surface area contributed by atoms with E-state index in [0.29, 0.717) is 0 Å². The number of nitrogens with zero attached hydrogens (tertiary/aromatic N) is 2. The summed E-state index contributed by atoms with van der Waals surface area (Å²) < 4.78 is 6.93. The van der Waals surface area contributed by atoms with Gasteiger partial charge in [0.1, 0.15) is 11.3 Å². The number of benzene rings is 1. The highest BCUT2D eigenvalue weighted by atomic mass is 16.5. The molecular formula is C17H19N3O3. The van der Waals surface area contributed by atoms with Gasteiger partial charge in [0.05, 0.1) is 12.3 Å². The van der Waals surface area contributed by atoms with Gasteiger partial charge in [-0.2, -0.15) is 5.10 Å². The van der Waals surface area contributed by atoms with E-state index in [1.165, 1.54) is 16.8 Å². The molecule has 2 aromatic rings. The molecule has 0 saturated heterocycles. The molecule has 0 unspecified atom stereocenters. The number of hydrogen-bond donors (Lipinski definition) is 1. The minimum Gasteiger partial charge on any atom is -0.491 e. The first-order valence-corrected chi connectivity index (χ1v) is 7.23. The van der Waals surface area contributed by atoms with Crippen molar-refractivity contribution < 1.29 is 9.53 Å². The lowest BCUT2D eigenvalue weighted by Crippen LogP contribution is -2.29. The van der Waals surface area contributed by atoms with Crippen molar-refractivity contribution in [2.24, 2.45) is 12.1 Å². The fraction of sp³-hybridized carbons (Fsp3) is 0.235. The van der Waals surface area contributed by atoms with Crippen molar-refractivity contribution in [2.75, 3.05) is 0 Å². The second kappa shape index (κ2) is 7.40. The molecule has 0 fully saturated rings. The zero-order valence-electron chi connectivity index (χ0n) is 13.3. The molecule has 0 aliphatic heterocycles. The number of hydrogen-bond acceptors (Lipinski definition) is 4. The molecular weight excluding hydrogens is 294 g/mol. The lowest BCUT2D eigenvalue weighted by atomic mass is 10.2. The molecule has 1 aromatic carbocycles. The van der Waals surface area contributed by atoms with Crippen LogP contribution < -0.4 is 15.7 Å². The Kier molecular flexibility index (Phi) is 5.30. The molecule has 0 bridgehead atoms. The summed E-state index contributed by atoms with van der Waals surface area (Å²) in [5.41, 5.74) is 2.81. The van der Waals surface area contributed by atoms with E-state index in [1.807, 2.05) is 38.1 Å². The lowest BCUT2D eigenvalue weighted by Gasteiger charge is -2.09. The SMILES string of the molecule is CC(C)Oc1cccc(/C=N\NC(=O)c2cccn(C)c2=O)c1. The molecule has 0 spiro atoms. The average Bonchev–Trinajstić information content (AvgIpc) is 2.49. The maximum Gasteiger partial charge on any atom is 0.276 e. The second-order valence-corrected chi connectivity index (χ2v) is 5.28. The van der Waals surface area contributed by atoms with E-state index >= 15 is 0 Å². The Morgan fingerprint density at radius 2 is 2.09 bits per heavy atom. The minimum atomic E-state index is -0.544. The van der Waals surface area contributed by atoms with E-state index < -0.39 is 5.91 Å². The molecule has 0 aliphatic rings. The summed E-state index contributed by atoms with van der Waals surface area (Å²) in [6, 6.07) is 10.4. The van der Waals surface area contributed by atoms with Gasteiger partial charge in [-0.25, -0.2) is 5.43 Å². The third-order valence-corrected chi connectivity index (χ3v) is 2.98. The first kappa shape index (κ1) is 16.5. The lowest BCUT2D eigenvalue weighted by molar-refractivity contribution is 0.0953. The summed E-state index contributed by atoms with van der Waals surface area (Å²) in [6.45, 7) is 3.89. The van der Waals surface area contributed by atoms with Crippen LogP contribution in [0.15, 0.2) is 52.5 Å². The van der Waals surface area contributed by atoms with Crippen molar-refractivity contribution >= 4 is 12.1 Å². The van der Waals surface area contributed by atoms with E-state index in [2.05, 4.69) is 10.5 Å². The number of aromatic nitrogens is 1. The summed E-state index contributed by atoms with van der Waals surface area (Å²) in [4.78, 5) is 23.8. The van der Waals surface area contributed by atoms with Crippen LogP contribution in [-0.2, 0) is 7.05 Å². The van der Waals surface area contributed by atoms with Crippen LogP contribution in [0.2, 0.25) is 0 Å². The van der Waals surface area contributed by atoms with Crippen molar-refractivity contribution in [3.63, 3.8) is 0 Å². The molecule has 0 atom stereocenters. The highest BCUT2D eigenvalue weighted by molar-refractivity contribution is 5.94. The number of amides is 1. The Morgan fingerprint density at radius 3 is 2.83 bits per heavy atom. The van der Waals surface area contributed by atoms with Crippen LogP contribution >= 0.6 is 0 Å². The monoisotopic (exact) mass is 313 g/mol. The molecule has 2 rings (SSSR count). The van der Waals surface area contributed by atoms with E-state index in [-0.39, 0.29) is 17.2 Å². The van der Waals surface area contributed by atoms with Crippen molar-refractivity contribution in [3.8, 4) is 5.75 Å². The number of nitrogens with one attached hydrogen (secondary N) is 1. The standard InChI is InChI=1S/C17H19N3O3/c1-12(2)23-14-7-4-6-13(10-14)11-18-19-16(21)15-8-5-9-20(3)17(15)22/h4-12H,1-3H3,(H,19,21)/b18-11-. The van der Waals surface area contributed by atoms with Crippen LogP contribution in [0.5, 0.6) is 5.75 Å². The number of pyridine rings is 1. The molecule has 6 heteroatoms. The van der Waals surface area contributed by atoms with Gasteiger partial charge in [0.25, 0.3) is 11.5 Å². The number of carbonyl (C=O) groups excluding carboxylic acids is 1. The van der Waals surface area contributed by atoms with Crippen LogP contribution in [0.3, 0.4) is 0 Å². The molecule has 1 amide bonds. The van der Waals surface area contributed by atoms with Crippen LogP contribution in [0.1, 0.15) is 29.8 Å². The fourth-order valence-electron chi connectivity index (χ4n) is 1.94. The molecule has 0 saturated carbocycles. The first-order valence-electron chi connectivity index (χ1n) is 7.23. The summed E-state index contributed by atoms with van der Waals surface area (Å²) in [7, 11) is 1.59. The largest absolute Gasteiger partial charge is 0.491 e. The Morgan fingerprint density at radius 1 is 1.30 bits per heavy atom. The van der Waals surface area contributed by atoms with Crippen molar-refractivity contribution in [1.82, 2.24) is 9.99 Å². The number of aryl methyl sites for hydroxylation is 1. The van der Waals surface area contributed by atoms with Gasteiger partial charge in [0.15, 0.2) is 0 Å². The van der Waals surface area contributed by atoms with Gasteiger partial charge in [0, 0.05) is 13.2 Å². The Bertz CT molecular complexity index is 779. The topological polar surface area (TPSA) is 72.7 Å². The maximum atomic E-state index is 12.0. The smallest absolute Gasteiger partial charge is 0.276 e. The maximum absolute atomic E-state index is 12.0. The predicted octanol–water partition coefficient (Wildman–Crippen LogP) is 1.94. The quantitative estimate of drug-likeness (QED) is 0.677. The minimum absolute atomic E-state index is 0.0454. The Labute approximate surface area is 134 Å². The molecule has 0 aliphatic carbocycles. The van der Waals surface area contributed by atoms with Gasteiger partial charge in [0.2, 0.25) is 0 Å². The Balaban J connectivity index is 2.05. The van der Waals surface area contributed by atoms with Crippen molar-refractivity contribution in [2.45, 2.75) is 20.0 Å². The van der Waals surface area contributed by atoms with Gasteiger partial charge in [-0.3, -0.25) is 9.59 Å². The summed E-state index contributed by atoms with van der Waals surface area (Å²) in [5, 5.41) is 3.88. The van der Waals surface area contributed by atoms with Gasteiger partial charge in [-0.05, 0) is 43.7 Å². The van der Waals surface area contributed by atoms with E-state index in [1.54, 1.807) is 19.3 Å². The second-order valence-electron chi connectivity index (χ2n) is 5.28. The Hall–Kier alpha value is -2.89. The van der Waals surface area contributed by atoms with Crippen LogP contribution in [0.4, 0.5) is 0 Å². The normalized spacial score (nSPS) is 11.0. The zero-order chi connectivity index (χ0) is 16.8. The molecule has 6 nitrogen and oxygen atoms in total. The fourth-order valence-corrected chi connectivity index (χ4v) is 1.94. The van der Waals surface area contributed by atoms with Crippen LogP contribution in [0.25, 0.3) is 0 Å².